The van der Waals surface area contributed by atoms with Crippen molar-refractivity contribution < 1.29 is 13.5 Å². The first-order valence-corrected chi connectivity index (χ1v) is 4.85. The maximum Gasteiger partial charge on any atom is 0.272 e. The van der Waals surface area contributed by atoms with E-state index in [0.717, 1.165) is 18.2 Å². The molecular formula is C7H6FNO3S. The Kier molecular flexibility index (Phi) is 2.72. The Balaban J connectivity index is 3.20. The highest BCUT2D eigenvalue weighted by Crippen LogP contribution is 2.18. The minimum atomic E-state index is -1.46. The Hall–Kier alpha value is -1.30. The van der Waals surface area contributed by atoms with Gasteiger partial charge in [-0.25, -0.2) is 4.39 Å². The van der Waals surface area contributed by atoms with Crippen LogP contribution in [0, 0.1) is 15.9 Å². The van der Waals surface area contributed by atoms with E-state index in [0.29, 0.717) is 0 Å². The normalized spacial score (nSPS) is 12.5. The van der Waals surface area contributed by atoms with Crippen molar-refractivity contribution in [2.45, 2.75) is 4.90 Å². The fourth-order valence-electron chi connectivity index (χ4n) is 0.836. The zero-order valence-electron chi connectivity index (χ0n) is 6.69. The minimum Gasteiger partial charge on any atom is -0.258 e. The number of nitro benzene ring substituents is 1. The lowest BCUT2D eigenvalue weighted by molar-refractivity contribution is -0.385. The standard InChI is InChI=1S/C7H6FNO3S/c1-13(12)7-3-2-5(9(10)11)4-6(7)8/h2-4H,1H3. The fourth-order valence-corrected chi connectivity index (χ4v) is 1.43. The van der Waals surface area contributed by atoms with E-state index in [-0.39, 0.29) is 10.6 Å². The number of rotatable bonds is 2. The Morgan fingerprint density at radius 2 is 2.15 bits per heavy atom. The molecule has 0 heterocycles. The Bertz CT molecular complexity index is 380. The number of hydrogen-bond donors (Lipinski definition) is 0. The van der Waals surface area contributed by atoms with Gasteiger partial charge in [0.25, 0.3) is 5.69 Å². The third-order valence-corrected chi connectivity index (χ3v) is 2.39. The molecule has 0 amide bonds. The highest BCUT2D eigenvalue weighted by atomic mass is 32.2. The highest BCUT2D eigenvalue weighted by molar-refractivity contribution is 7.84. The Labute approximate surface area is 76.0 Å². The summed E-state index contributed by atoms with van der Waals surface area (Å²) in [6, 6.07) is 3.04. The average Bonchev–Trinajstić information content (AvgIpc) is 2.03. The van der Waals surface area contributed by atoms with Gasteiger partial charge in [0.05, 0.1) is 26.7 Å². The lowest BCUT2D eigenvalue weighted by atomic mass is 10.3. The largest absolute Gasteiger partial charge is 0.272 e. The van der Waals surface area contributed by atoms with Crippen LogP contribution in [-0.4, -0.2) is 15.4 Å². The van der Waals surface area contributed by atoms with Gasteiger partial charge in [-0.15, -0.1) is 0 Å². The van der Waals surface area contributed by atoms with E-state index in [4.69, 9.17) is 0 Å². The van der Waals surface area contributed by atoms with Crippen LogP contribution in [0.2, 0.25) is 0 Å². The molecule has 1 rings (SSSR count). The van der Waals surface area contributed by atoms with Crippen molar-refractivity contribution in [3.8, 4) is 0 Å². The first-order valence-electron chi connectivity index (χ1n) is 3.29. The van der Waals surface area contributed by atoms with Crippen LogP contribution in [0.1, 0.15) is 0 Å². The van der Waals surface area contributed by atoms with E-state index in [1.165, 1.54) is 6.26 Å². The van der Waals surface area contributed by atoms with E-state index >= 15 is 0 Å². The van der Waals surface area contributed by atoms with Crippen LogP contribution in [0.25, 0.3) is 0 Å². The third-order valence-electron chi connectivity index (χ3n) is 1.44. The molecule has 0 saturated carbocycles. The Morgan fingerprint density at radius 3 is 2.54 bits per heavy atom. The topological polar surface area (TPSA) is 60.2 Å². The van der Waals surface area contributed by atoms with Gasteiger partial charge >= 0.3 is 0 Å². The van der Waals surface area contributed by atoms with Gasteiger partial charge in [0.15, 0.2) is 0 Å². The van der Waals surface area contributed by atoms with Crippen LogP contribution in [0.3, 0.4) is 0 Å². The van der Waals surface area contributed by atoms with Crippen LogP contribution < -0.4 is 0 Å². The zero-order valence-corrected chi connectivity index (χ0v) is 7.51. The highest BCUT2D eigenvalue weighted by Gasteiger charge is 2.12. The summed E-state index contributed by atoms with van der Waals surface area (Å²) in [4.78, 5) is 9.47. The van der Waals surface area contributed by atoms with Crippen LogP contribution in [0.4, 0.5) is 10.1 Å². The molecule has 1 aromatic carbocycles. The molecule has 0 spiro atoms. The van der Waals surface area contributed by atoms with E-state index in [1.54, 1.807) is 0 Å². The predicted molar refractivity (Wildman–Crippen MR) is 45.4 cm³/mol. The van der Waals surface area contributed by atoms with Crippen molar-refractivity contribution >= 4 is 16.5 Å². The van der Waals surface area contributed by atoms with Crippen molar-refractivity contribution in [3.05, 3.63) is 34.1 Å². The van der Waals surface area contributed by atoms with Crippen LogP contribution in [0.5, 0.6) is 0 Å². The van der Waals surface area contributed by atoms with Crippen LogP contribution in [-0.2, 0) is 10.8 Å². The summed E-state index contributed by atoms with van der Waals surface area (Å²) in [6.07, 6.45) is 1.31. The van der Waals surface area contributed by atoms with Crippen LogP contribution >= 0.6 is 0 Å². The maximum atomic E-state index is 13.0. The summed E-state index contributed by atoms with van der Waals surface area (Å²) in [5, 5.41) is 10.2. The van der Waals surface area contributed by atoms with Gasteiger partial charge in [-0.2, -0.15) is 0 Å². The first-order chi connectivity index (χ1) is 6.02. The summed E-state index contributed by atoms with van der Waals surface area (Å²) in [6.45, 7) is 0. The molecule has 0 saturated heterocycles. The maximum absolute atomic E-state index is 13.0. The van der Waals surface area contributed by atoms with Gasteiger partial charge in [0, 0.05) is 12.3 Å². The van der Waals surface area contributed by atoms with Crippen molar-refractivity contribution in [2.24, 2.45) is 0 Å². The van der Waals surface area contributed by atoms with Crippen molar-refractivity contribution in [1.82, 2.24) is 0 Å². The molecule has 13 heavy (non-hydrogen) atoms. The quantitative estimate of drug-likeness (QED) is 0.540. The summed E-state index contributed by atoms with van der Waals surface area (Å²) in [5.41, 5.74) is -0.341. The lowest BCUT2D eigenvalue weighted by Crippen LogP contribution is -1.95. The molecule has 1 atom stereocenters. The molecule has 4 nitrogen and oxygen atoms in total. The first kappa shape index (κ1) is 9.79. The molecule has 0 aromatic heterocycles. The Morgan fingerprint density at radius 1 is 1.54 bits per heavy atom. The molecule has 1 unspecified atom stereocenters. The monoisotopic (exact) mass is 203 g/mol. The van der Waals surface area contributed by atoms with E-state index in [2.05, 4.69) is 0 Å². The minimum absolute atomic E-state index is 0.0226. The number of nitro groups is 1. The molecule has 6 heteroatoms. The van der Waals surface area contributed by atoms with Gasteiger partial charge in [-0.1, -0.05) is 0 Å². The number of non-ortho nitro benzene ring substituents is 1. The second-order valence-corrected chi connectivity index (χ2v) is 3.67. The SMILES string of the molecule is CS(=O)c1ccc([N+](=O)[O-])cc1F. The second-order valence-electron chi connectivity index (χ2n) is 2.33. The van der Waals surface area contributed by atoms with E-state index in [9.17, 15) is 18.7 Å². The van der Waals surface area contributed by atoms with Gasteiger partial charge in [-0.05, 0) is 6.07 Å². The zero-order chi connectivity index (χ0) is 10.0. The lowest BCUT2D eigenvalue weighted by Gasteiger charge is -1.97. The second kappa shape index (κ2) is 3.61. The third kappa shape index (κ3) is 2.09. The molecule has 0 aliphatic heterocycles. The van der Waals surface area contributed by atoms with E-state index in [1.807, 2.05) is 0 Å². The van der Waals surface area contributed by atoms with Crippen molar-refractivity contribution in [2.75, 3.05) is 6.26 Å². The summed E-state index contributed by atoms with van der Waals surface area (Å²) >= 11 is 0. The van der Waals surface area contributed by atoms with Crippen molar-refractivity contribution in [3.63, 3.8) is 0 Å². The molecule has 0 aliphatic carbocycles. The fraction of sp³-hybridized carbons (Fsp3) is 0.143. The van der Waals surface area contributed by atoms with Crippen LogP contribution in [0.15, 0.2) is 23.1 Å². The number of halogens is 1. The summed E-state index contributed by atoms with van der Waals surface area (Å²) < 4.78 is 23.8. The van der Waals surface area contributed by atoms with Gasteiger partial charge in [0.2, 0.25) is 0 Å². The molecule has 0 N–H and O–H groups in total. The molecule has 0 aliphatic rings. The van der Waals surface area contributed by atoms with Gasteiger partial charge in [0.1, 0.15) is 5.82 Å². The number of hydrogen-bond acceptors (Lipinski definition) is 3. The average molecular weight is 203 g/mol. The summed E-state index contributed by atoms with van der Waals surface area (Å²) in [5.74, 6) is -0.810. The predicted octanol–water partition coefficient (Wildman–Crippen LogP) is 1.47. The molecule has 70 valence electrons. The van der Waals surface area contributed by atoms with Gasteiger partial charge < -0.3 is 0 Å². The van der Waals surface area contributed by atoms with E-state index < -0.39 is 21.5 Å². The van der Waals surface area contributed by atoms with Crippen molar-refractivity contribution in [1.29, 1.82) is 0 Å². The molecule has 1 aromatic rings. The molecule has 0 radical (unpaired) electrons. The molecule has 0 fully saturated rings. The van der Waals surface area contributed by atoms with Gasteiger partial charge in [-0.3, -0.25) is 14.3 Å². The summed E-state index contributed by atoms with van der Waals surface area (Å²) in [7, 11) is -1.46. The molecule has 0 bridgehead atoms. The molecular weight excluding hydrogens is 197 g/mol. The smallest absolute Gasteiger partial charge is 0.258 e. The number of benzene rings is 1. The number of nitrogens with zero attached hydrogens (tertiary/aromatic N) is 1.